The fourth-order valence-corrected chi connectivity index (χ4v) is 3.24. The number of benzene rings is 1. The Bertz CT molecular complexity index is 896. The predicted octanol–water partition coefficient (Wildman–Crippen LogP) is 1.69. The van der Waals surface area contributed by atoms with Crippen LogP contribution >= 0.6 is 0 Å². The molecule has 2 aliphatic heterocycles. The van der Waals surface area contributed by atoms with E-state index in [4.69, 9.17) is 19.5 Å². The largest absolute Gasteiger partial charge is 0.470 e. The Morgan fingerprint density at radius 1 is 1.30 bits per heavy atom. The number of carbonyl (C=O) groups is 1. The first-order valence-corrected chi connectivity index (χ1v) is 8.77. The maximum absolute atomic E-state index is 12.7. The predicted molar refractivity (Wildman–Crippen MR) is 93.2 cm³/mol. The van der Waals surface area contributed by atoms with Crippen LogP contribution in [0, 0.1) is 11.3 Å². The minimum Gasteiger partial charge on any atom is -0.470 e. The summed E-state index contributed by atoms with van der Waals surface area (Å²) in [6.07, 6.45) is 4.66. The van der Waals surface area contributed by atoms with Gasteiger partial charge in [0.2, 0.25) is 18.4 Å². The average Bonchev–Trinajstić information content (AvgIpc) is 3.16. The van der Waals surface area contributed by atoms with Crippen molar-refractivity contribution in [2.24, 2.45) is 0 Å². The SMILES string of the molecule is N#Cc1nccnc1O[C@@H]1CCCN(C(=O)Cc2ccc3c(c2)OCO3)C1. The summed E-state index contributed by atoms with van der Waals surface area (Å²) in [5, 5.41) is 9.10. The standard InChI is InChI=1S/C19H18N4O4/c20-10-15-19(22-6-5-21-15)27-14-2-1-7-23(11-14)18(24)9-13-3-4-16-17(8-13)26-12-25-16/h3-6,8,14H,1-2,7,9,11-12H2/t14-/m1/s1. The number of aromatic nitrogens is 2. The molecule has 1 amide bonds. The number of amides is 1. The molecule has 138 valence electrons. The normalized spacial score (nSPS) is 18.0. The van der Waals surface area contributed by atoms with Gasteiger partial charge in [-0.2, -0.15) is 5.26 Å². The number of hydrogen-bond donors (Lipinski definition) is 0. The third-order valence-electron chi connectivity index (χ3n) is 4.57. The summed E-state index contributed by atoms with van der Waals surface area (Å²) >= 11 is 0. The fraction of sp³-hybridized carbons (Fsp3) is 0.368. The number of carbonyl (C=O) groups excluding carboxylic acids is 1. The third-order valence-corrected chi connectivity index (χ3v) is 4.57. The van der Waals surface area contributed by atoms with E-state index in [1.807, 2.05) is 24.3 Å². The summed E-state index contributed by atoms with van der Waals surface area (Å²) in [5.41, 5.74) is 1.04. The van der Waals surface area contributed by atoms with Crippen LogP contribution < -0.4 is 14.2 Å². The van der Waals surface area contributed by atoms with E-state index in [0.29, 0.717) is 24.6 Å². The molecule has 0 unspecified atom stereocenters. The monoisotopic (exact) mass is 366 g/mol. The van der Waals surface area contributed by atoms with E-state index in [2.05, 4.69) is 9.97 Å². The molecule has 0 N–H and O–H groups in total. The van der Waals surface area contributed by atoms with E-state index in [1.54, 1.807) is 4.90 Å². The molecular weight excluding hydrogens is 348 g/mol. The highest BCUT2D eigenvalue weighted by molar-refractivity contribution is 5.79. The van der Waals surface area contributed by atoms with Crippen molar-refractivity contribution in [3.05, 3.63) is 41.9 Å². The first-order chi connectivity index (χ1) is 13.2. The third kappa shape index (κ3) is 3.77. The number of rotatable bonds is 4. The highest BCUT2D eigenvalue weighted by atomic mass is 16.7. The molecule has 1 saturated heterocycles. The molecule has 0 radical (unpaired) electrons. The van der Waals surface area contributed by atoms with Crippen molar-refractivity contribution in [2.45, 2.75) is 25.4 Å². The molecular formula is C19H18N4O4. The summed E-state index contributed by atoms with van der Waals surface area (Å²) < 4.78 is 16.5. The molecule has 0 saturated carbocycles. The van der Waals surface area contributed by atoms with E-state index >= 15 is 0 Å². The summed E-state index contributed by atoms with van der Waals surface area (Å²) in [6, 6.07) is 7.52. The number of likely N-dealkylation sites (tertiary alicyclic amines) is 1. The second-order valence-electron chi connectivity index (χ2n) is 6.41. The summed E-state index contributed by atoms with van der Waals surface area (Å²) in [7, 11) is 0. The quantitative estimate of drug-likeness (QED) is 0.812. The number of ether oxygens (including phenoxy) is 3. The van der Waals surface area contributed by atoms with Crippen molar-refractivity contribution in [1.29, 1.82) is 5.26 Å². The lowest BCUT2D eigenvalue weighted by Crippen LogP contribution is -2.45. The van der Waals surface area contributed by atoms with Crippen molar-refractivity contribution < 1.29 is 19.0 Å². The average molecular weight is 366 g/mol. The van der Waals surface area contributed by atoms with Gasteiger partial charge in [-0.3, -0.25) is 4.79 Å². The van der Waals surface area contributed by atoms with Gasteiger partial charge in [0.15, 0.2) is 11.5 Å². The highest BCUT2D eigenvalue weighted by Gasteiger charge is 2.26. The van der Waals surface area contributed by atoms with E-state index in [-0.39, 0.29) is 36.8 Å². The lowest BCUT2D eigenvalue weighted by atomic mass is 10.1. The molecule has 1 aromatic heterocycles. The van der Waals surface area contributed by atoms with Crippen molar-refractivity contribution in [1.82, 2.24) is 14.9 Å². The van der Waals surface area contributed by atoms with Gasteiger partial charge in [-0.1, -0.05) is 6.07 Å². The Hall–Kier alpha value is -3.34. The minimum absolute atomic E-state index is 0.0295. The van der Waals surface area contributed by atoms with Gasteiger partial charge in [-0.15, -0.1) is 0 Å². The Morgan fingerprint density at radius 2 is 2.15 bits per heavy atom. The van der Waals surface area contributed by atoms with Crippen LogP contribution in [0.5, 0.6) is 17.4 Å². The lowest BCUT2D eigenvalue weighted by molar-refractivity contribution is -0.133. The summed E-state index contributed by atoms with van der Waals surface area (Å²) in [5.74, 6) is 1.62. The van der Waals surface area contributed by atoms with E-state index in [1.165, 1.54) is 12.4 Å². The smallest absolute Gasteiger partial charge is 0.251 e. The number of hydrogen-bond acceptors (Lipinski definition) is 7. The molecule has 0 aliphatic carbocycles. The second-order valence-corrected chi connectivity index (χ2v) is 6.41. The van der Waals surface area contributed by atoms with Crippen molar-refractivity contribution in [3.8, 4) is 23.4 Å². The molecule has 4 rings (SSSR count). The molecule has 1 fully saturated rings. The van der Waals surface area contributed by atoms with Crippen LogP contribution in [0.2, 0.25) is 0 Å². The van der Waals surface area contributed by atoms with Crippen LogP contribution in [-0.2, 0) is 11.2 Å². The Morgan fingerprint density at radius 3 is 3.04 bits per heavy atom. The van der Waals surface area contributed by atoms with Gasteiger partial charge in [0, 0.05) is 18.9 Å². The van der Waals surface area contributed by atoms with Gasteiger partial charge < -0.3 is 19.1 Å². The second kappa shape index (κ2) is 7.50. The Balaban J connectivity index is 1.39. The van der Waals surface area contributed by atoms with Gasteiger partial charge in [0.25, 0.3) is 5.88 Å². The van der Waals surface area contributed by atoms with Crippen LogP contribution in [0.1, 0.15) is 24.1 Å². The summed E-state index contributed by atoms with van der Waals surface area (Å²) in [6.45, 7) is 1.37. The number of piperidine rings is 1. The Labute approximate surface area is 156 Å². The van der Waals surface area contributed by atoms with Crippen molar-refractivity contribution in [3.63, 3.8) is 0 Å². The highest BCUT2D eigenvalue weighted by Crippen LogP contribution is 2.32. The lowest BCUT2D eigenvalue weighted by Gasteiger charge is -2.32. The van der Waals surface area contributed by atoms with Crippen LogP contribution in [0.4, 0.5) is 0 Å². The van der Waals surface area contributed by atoms with Crippen molar-refractivity contribution in [2.75, 3.05) is 19.9 Å². The zero-order chi connectivity index (χ0) is 18.6. The Kier molecular flexibility index (Phi) is 4.75. The van der Waals surface area contributed by atoms with Crippen LogP contribution in [-0.4, -0.2) is 46.8 Å². The molecule has 3 heterocycles. The molecule has 1 aromatic carbocycles. The zero-order valence-corrected chi connectivity index (χ0v) is 14.6. The van der Waals surface area contributed by atoms with Gasteiger partial charge in [0.05, 0.1) is 13.0 Å². The van der Waals surface area contributed by atoms with E-state index in [9.17, 15) is 4.79 Å². The fourth-order valence-electron chi connectivity index (χ4n) is 3.24. The van der Waals surface area contributed by atoms with Gasteiger partial charge in [0.1, 0.15) is 12.2 Å². The molecule has 2 aromatic rings. The molecule has 8 heteroatoms. The molecule has 0 bridgehead atoms. The van der Waals surface area contributed by atoms with E-state index < -0.39 is 0 Å². The van der Waals surface area contributed by atoms with Gasteiger partial charge >= 0.3 is 0 Å². The maximum atomic E-state index is 12.7. The first-order valence-electron chi connectivity index (χ1n) is 8.77. The van der Waals surface area contributed by atoms with Crippen LogP contribution in [0.3, 0.4) is 0 Å². The van der Waals surface area contributed by atoms with Crippen LogP contribution in [0.15, 0.2) is 30.6 Å². The topological polar surface area (TPSA) is 97.6 Å². The first kappa shape index (κ1) is 17.1. The number of nitrogens with zero attached hydrogens (tertiary/aromatic N) is 4. The van der Waals surface area contributed by atoms with Gasteiger partial charge in [-0.25, -0.2) is 9.97 Å². The molecule has 8 nitrogen and oxygen atoms in total. The molecule has 1 atom stereocenters. The summed E-state index contributed by atoms with van der Waals surface area (Å²) in [4.78, 5) is 22.5. The van der Waals surface area contributed by atoms with Gasteiger partial charge in [-0.05, 0) is 30.5 Å². The molecule has 2 aliphatic rings. The zero-order valence-electron chi connectivity index (χ0n) is 14.6. The number of fused-ring (bicyclic) bond motifs is 1. The molecule has 27 heavy (non-hydrogen) atoms. The maximum Gasteiger partial charge on any atom is 0.251 e. The van der Waals surface area contributed by atoms with Crippen LogP contribution in [0.25, 0.3) is 0 Å². The number of nitriles is 1. The molecule has 0 spiro atoms. The van der Waals surface area contributed by atoms with Crippen molar-refractivity contribution >= 4 is 5.91 Å². The van der Waals surface area contributed by atoms with E-state index in [0.717, 1.165) is 18.4 Å². The minimum atomic E-state index is -0.205.